The lowest BCUT2D eigenvalue weighted by atomic mass is 10.1. The molecule has 0 aliphatic rings. The Labute approximate surface area is 115 Å². The zero-order valence-electron chi connectivity index (χ0n) is 11.3. The number of benzene rings is 1. The summed E-state index contributed by atoms with van der Waals surface area (Å²) in [5.74, 6) is 0.603. The first-order valence-corrected chi connectivity index (χ1v) is 6.20. The Kier molecular flexibility index (Phi) is 4.34. The van der Waals surface area contributed by atoms with Crippen LogP contribution in [0.3, 0.4) is 0 Å². The molecule has 0 saturated heterocycles. The molecule has 0 amide bonds. The molecule has 0 spiro atoms. The molecule has 0 saturated carbocycles. The van der Waals surface area contributed by atoms with Gasteiger partial charge in [0.25, 0.3) is 0 Å². The molecule has 1 heterocycles. The summed E-state index contributed by atoms with van der Waals surface area (Å²) in [7, 11) is 0. The fourth-order valence-corrected chi connectivity index (χ4v) is 1.90. The van der Waals surface area contributed by atoms with E-state index in [4.69, 9.17) is 4.74 Å². The Hall–Kier alpha value is -1.95. The molecule has 0 aliphatic carbocycles. The molecule has 6 heteroatoms. The number of ether oxygens (including phenoxy) is 1. The second-order valence-electron chi connectivity index (χ2n) is 4.53. The van der Waals surface area contributed by atoms with Crippen LogP contribution in [-0.4, -0.2) is 14.7 Å². The van der Waals surface area contributed by atoms with E-state index >= 15 is 0 Å². The minimum atomic E-state index is -2.65. The number of aromatic nitrogens is 2. The summed E-state index contributed by atoms with van der Waals surface area (Å²) in [6.07, 6.45) is 1.81. The molecule has 1 aromatic heterocycles. The molecule has 1 atom stereocenters. The van der Waals surface area contributed by atoms with Gasteiger partial charge in [0.2, 0.25) is 0 Å². The Morgan fingerprint density at radius 1 is 1.40 bits per heavy atom. The lowest BCUT2D eigenvalue weighted by molar-refractivity contribution is 0.0630. The number of aliphatic hydroxyl groups is 1. The third-order valence-corrected chi connectivity index (χ3v) is 2.93. The van der Waals surface area contributed by atoms with Gasteiger partial charge in [0, 0.05) is 18.0 Å². The van der Waals surface area contributed by atoms with Crippen LogP contribution in [0.1, 0.15) is 36.5 Å². The largest absolute Gasteiger partial charge is 0.485 e. The highest BCUT2D eigenvalue weighted by atomic mass is 19.3. The predicted octanol–water partition coefficient (Wildman–Crippen LogP) is 3.22. The van der Waals surface area contributed by atoms with E-state index in [1.165, 1.54) is 12.4 Å². The molecule has 0 fully saturated rings. The number of aryl methyl sites for hydroxylation is 1. The summed E-state index contributed by atoms with van der Waals surface area (Å²) in [4.78, 5) is 3.84. The first kappa shape index (κ1) is 14.5. The van der Waals surface area contributed by atoms with Gasteiger partial charge in [-0.3, -0.25) is 4.57 Å². The van der Waals surface area contributed by atoms with Gasteiger partial charge in [0.1, 0.15) is 12.4 Å². The standard InChI is InChI=1S/C14H16F2N2O2/c1-9-3-4-12(11(7-9)10(2)19)20-8-13-17-5-6-18(13)14(15)16/h3-7,10,14,19H,8H2,1-2H3/t10-/m1/s1. The average molecular weight is 282 g/mol. The normalized spacial score (nSPS) is 12.7. The highest BCUT2D eigenvalue weighted by molar-refractivity contribution is 5.38. The molecule has 20 heavy (non-hydrogen) atoms. The number of imidazole rings is 1. The van der Waals surface area contributed by atoms with Gasteiger partial charge in [-0.2, -0.15) is 8.78 Å². The molecule has 4 nitrogen and oxygen atoms in total. The summed E-state index contributed by atoms with van der Waals surface area (Å²) in [5.41, 5.74) is 1.61. The van der Waals surface area contributed by atoms with Gasteiger partial charge in [0.15, 0.2) is 5.82 Å². The van der Waals surface area contributed by atoms with E-state index in [9.17, 15) is 13.9 Å². The van der Waals surface area contributed by atoms with Crippen LogP contribution in [0.5, 0.6) is 5.75 Å². The molecule has 0 aliphatic heterocycles. The zero-order chi connectivity index (χ0) is 14.7. The zero-order valence-corrected chi connectivity index (χ0v) is 11.3. The van der Waals surface area contributed by atoms with E-state index in [1.54, 1.807) is 19.1 Å². The van der Waals surface area contributed by atoms with Crippen molar-refractivity contribution in [3.63, 3.8) is 0 Å². The first-order chi connectivity index (χ1) is 9.49. The second-order valence-corrected chi connectivity index (χ2v) is 4.53. The van der Waals surface area contributed by atoms with Gasteiger partial charge in [-0.25, -0.2) is 4.98 Å². The molecule has 0 radical (unpaired) electrons. The molecule has 108 valence electrons. The van der Waals surface area contributed by atoms with Gasteiger partial charge < -0.3 is 9.84 Å². The van der Waals surface area contributed by atoms with Crippen LogP contribution in [0.25, 0.3) is 0 Å². The fraction of sp³-hybridized carbons (Fsp3) is 0.357. The van der Waals surface area contributed by atoms with Crippen LogP contribution in [0.2, 0.25) is 0 Å². The summed E-state index contributed by atoms with van der Waals surface area (Å²) < 4.78 is 31.6. The van der Waals surface area contributed by atoms with Crippen molar-refractivity contribution >= 4 is 0 Å². The quantitative estimate of drug-likeness (QED) is 0.916. The number of halogens is 2. The maximum atomic E-state index is 12.7. The first-order valence-electron chi connectivity index (χ1n) is 6.20. The van der Waals surface area contributed by atoms with Crippen molar-refractivity contribution in [2.75, 3.05) is 0 Å². The van der Waals surface area contributed by atoms with Gasteiger partial charge in [-0.1, -0.05) is 11.6 Å². The van der Waals surface area contributed by atoms with E-state index in [-0.39, 0.29) is 12.4 Å². The van der Waals surface area contributed by atoms with Gasteiger partial charge in [-0.05, 0) is 26.0 Å². The van der Waals surface area contributed by atoms with Gasteiger partial charge >= 0.3 is 6.55 Å². The molecule has 1 aromatic carbocycles. The SMILES string of the molecule is Cc1ccc(OCc2nccn2C(F)F)c([C@@H](C)O)c1. The number of hydrogen-bond donors (Lipinski definition) is 1. The van der Waals surface area contributed by atoms with E-state index in [0.717, 1.165) is 10.1 Å². The molecule has 0 unspecified atom stereocenters. The third-order valence-electron chi connectivity index (χ3n) is 2.93. The maximum absolute atomic E-state index is 12.7. The van der Waals surface area contributed by atoms with E-state index in [1.807, 2.05) is 13.0 Å². The van der Waals surface area contributed by atoms with Gasteiger partial charge in [0.05, 0.1) is 6.10 Å². The number of rotatable bonds is 5. The highest BCUT2D eigenvalue weighted by Gasteiger charge is 2.14. The van der Waals surface area contributed by atoms with Crippen molar-refractivity contribution in [2.24, 2.45) is 0 Å². The minimum Gasteiger partial charge on any atom is -0.485 e. The van der Waals surface area contributed by atoms with Crippen molar-refractivity contribution in [1.29, 1.82) is 0 Å². The molecule has 1 N–H and O–H groups in total. The van der Waals surface area contributed by atoms with Crippen LogP contribution in [0.15, 0.2) is 30.6 Å². The van der Waals surface area contributed by atoms with E-state index in [2.05, 4.69) is 4.98 Å². The molecule has 2 rings (SSSR count). The van der Waals surface area contributed by atoms with Crippen LogP contribution in [0, 0.1) is 6.92 Å². The lowest BCUT2D eigenvalue weighted by Crippen LogP contribution is -2.08. The smallest absolute Gasteiger partial charge is 0.320 e. The predicted molar refractivity (Wildman–Crippen MR) is 69.6 cm³/mol. The number of hydrogen-bond acceptors (Lipinski definition) is 3. The Morgan fingerprint density at radius 3 is 2.80 bits per heavy atom. The van der Waals surface area contributed by atoms with Crippen molar-refractivity contribution in [1.82, 2.24) is 9.55 Å². The summed E-state index contributed by atoms with van der Waals surface area (Å²) in [6, 6.07) is 5.35. The summed E-state index contributed by atoms with van der Waals surface area (Å²) in [5, 5.41) is 9.71. The number of aliphatic hydroxyl groups excluding tert-OH is 1. The monoisotopic (exact) mass is 282 g/mol. The minimum absolute atomic E-state index is 0.0832. The highest BCUT2D eigenvalue weighted by Crippen LogP contribution is 2.27. The van der Waals surface area contributed by atoms with E-state index in [0.29, 0.717) is 11.3 Å². The van der Waals surface area contributed by atoms with Gasteiger partial charge in [-0.15, -0.1) is 0 Å². The van der Waals surface area contributed by atoms with Crippen molar-refractivity contribution in [3.05, 3.63) is 47.5 Å². The van der Waals surface area contributed by atoms with Crippen LogP contribution in [0.4, 0.5) is 8.78 Å². The second kappa shape index (κ2) is 6.00. The Balaban J connectivity index is 2.17. The van der Waals surface area contributed by atoms with Crippen molar-refractivity contribution in [2.45, 2.75) is 33.1 Å². The van der Waals surface area contributed by atoms with Crippen LogP contribution >= 0.6 is 0 Å². The number of nitrogens with zero attached hydrogens (tertiary/aromatic N) is 2. The Morgan fingerprint density at radius 2 is 2.15 bits per heavy atom. The number of alkyl halides is 2. The molecular weight excluding hydrogens is 266 g/mol. The molecule has 0 bridgehead atoms. The summed E-state index contributed by atoms with van der Waals surface area (Å²) >= 11 is 0. The summed E-state index contributed by atoms with van der Waals surface area (Å²) in [6.45, 7) is 0.798. The lowest BCUT2D eigenvalue weighted by Gasteiger charge is -2.14. The topological polar surface area (TPSA) is 47.3 Å². The Bertz CT molecular complexity index is 582. The molecule has 2 aromatic rings. The van der Waals surface area contributed by atoms with Crippen LogP contribution < -0.4 is 4.74 Å². The van der Waals surface area contributed by atoms with Crippen molar-refractivity contribution in [3.8, 4) is 5.75 Å². The maximum Gasteiger partial charge on any atom is 0.320 e. The fourth-order valence-electron chi connectivity index (χ4n) is 1.90. The van der Waals surface area contributed by atoms with Crippen molar-refractivity contribution < 1.29 is 18.6 Å². The third kappa shape index (κ3) is 3.14. The van der Waals surface area contributed by atoms with E-state index < -0.39 is 12.7 Å². The average Bonchev–Trinajstić information content (AvgIpc) is 2.85. The van der Waals surface area contributed by atoms with Crippen LogP contribution in [-0.2, 0) is 6.61 Å². The molecular formula is C14H16F2N2O2.